The Bertz CT molecular complexity index is 578. The summed E-state index contributed by atoms with van der Waals surface area (Å²) in [5.74, 6) is 0. The van der Waals surface area contributed by atoms with E-state index in [0.29, 0.717) is 0 Å². The second-order valence-electron chi connectivity index (χ2n) is 4.37. The van der Waals surface area contributed by atoms with Crippen LogP contribution in [0.3, 0.4) is 0 Å². The van der Waals surface area contributed by atoms with Crippen LogP contribution in [-0.4, -0.2) is 16.8 Å². The minimum Gasteiger partial charge on any atom is -0.308 e. The molecular formula is C14H17Br2N3. The number of rotatable bonds is 4. The molecule has 1 aromatic heterocycles. The normalized spacial score (nSPS) is 12.7. The van der Waals surface area contributed by atoms with E-state index in [-0.39, 0.29) is 6.04 Å². The van der Waals surface area contributed by atoms with E-state index in [2.05, 4.69) is 74.3 Å². The topological polar surface area (TPSA) is 29.9 Å². The third-order valence-corrected chi connectivity index (χ3v) is 4.79. The number of benzene rings is 1. The number of hydrogen-bond donors (Lipinski definition) is 1. The third-order valence-electron chi connectivity index (χ3n) is 3.32. The van der Waals surface area contributed by atoms with Crippen molar-refractivity contribution in [1.82, 2.24) is 15.1 Å². The third kappa shape index (κ3) is 2.78. The van der Waals surface area contributed by atoms with Gasteiger partial charge in [0.2, 0.25) is 0 Å². The summed E-state index contributed by atoms with van der Waals surface area (Å²) >= 11 is 7.20. The monoisotopic (exact) mass is 385 g/mol. The second-order valence-corrected chi connectivity index (χ2v) is 6.08. The number of aryl methyl sites for hydroxylation is 1. The Morgan fingerprint density at radius 2 is 2.05 bits per heavy atom. The van der Waals surface area contributed by atoms with Gasteiger partial charge in [0.05, 0.1) is 22.4 Å². The highest BCUT2D eigenvalue weighted by atomic mass is 79.9. The van der Waals surface area contributed by atoms with Crippen LogP contribution in [0.1, 0.15) is 29.8 Å². The standard InChI is InChI=1S/C14H17Br2N3/c1-4-19-14(12(16)8-18-19)13(17-3)10-6-5-7-11(15)9(10)2/h5-8,13,17H,4H2,1-3H3. The smallest absolute Gasteiger partial charge is 0.0760 e. The van der Waals surface area contributed by atoms with Crippen LogP contribution in [0, 0.1) is 6.92 Å². The molecule has 19 heavy (non-hydrogen) atoms. The minimum absolute atomic E-state index is 0.120. The van der Waals surface area contributed by atoms with Crippen LogP contribution in [-0.2, 0) is 6.54 Å². The molecule has 0 aliphatic rings. The fourth-order valence-electron chi connectivity index (χ4n) is 2.29. The van der Waals surface area contributed by atoms with Crippen molar-refractivity contribution in [3.8, 4) is 0 Å². The van der Waals surface area contributed by atoms with Gasteiger partial charge in [-0.15, -0.1) is 0 Å². The molecule has 0 saturated heterocycles. The number of nitrogens with one attached hydrogen (secondary N) is 1. The SMILES string of the molecule is CCn1ncc(Br)c1C(NC)c1cccc(Br)c1C. The van der Waals surface area contributed by atoms with Crippen LogP contribution < -0.4 is 5.32 Å². The van der Waals surface area contributed by atoms with Gasteiger partial charge < -0.3 is 5.32 Å². The van der Waals surface area contributed by atoms with Gasteiger partial charge in [0.25, 0.3) is 0 Å². The van der Waals surface area contributed by atoms with Gasteiger partial charge in [-0.05, 0) is 54.0 Å². The summed E-state index contributed by atoms with van der Waals surface area (Å²) in [4.78, 5) is 0. The van der Waals surface area contributed by atoms with Gasteiger partial charge in [-0.25, -0.2) is 0 Å². The van der Waals surface area contributed by atoms with Gasteiger partial charge in [0, 0.05) is 11.0 Å². The Morgan fingerprint density at radius 3 is 2.68 bits per heavy atom. The molecule has 0 radical (unpaired) electrons. The number of aromatic nitrogens is 2. The average Bonchev–Trinajstić information content (AvgIpc) is 2.77. The summed E-state index contributed by atoms with van der Waals surface area (Å²) in [6, 6.07) is 6.41. The van der Waals surface area contributed by atoms with E-state index < -0.39 is 0 Å². The van der Waals surface area contributed by atoms with E-state index in [1.165, 1.54) is 11.1 Å². The molecule has 1 N–H and O–H groups in total. The molecular weight excluding hydrogens is 370 g/mol. The Labute approximate surface area is 130 Å². The maximum atomic E-state index is 4.40. The van der Waals surface area contributed by atoms with Crippen molar-refractivity contribution in [3.63, 3.8) is 0 Å². The highest BCUT2D eigenvalue weighted by Crippen LogP contribution is 2.32. The minimum atomic E-state index is 0.120. The average molecular weight is 387 g/mol. The molecule has 2 aromatic rings. The molecule has 1 unspecified atom stereocenters. The number of nitrogens with zero attached hydrogens (tertiary/aromatic N) is 2. The molecule has 0 amide bonds. The predicted molar refractivity (Wildman–Crippen MR) is 85.4 cm³/mol. The van der Waals surface area contributed by atoms with E-state index in [1.807, 2.05) is 17.9 Å². The molecule has 1 aromatic carbocycles. The van der Waals surface area contributed by atoms with Crippen molar-refractivity contribution in [2.45, 2.75) is 26.4 Å². The maximum absolute atomic E-state index is 4.40. The largest absolute Gasteiger partial charge is 0.308 e. The van der Waals surface area contributed by atoms with Gasteiger partial charge in [-0.1, -0.05) is 28.1 Å². The van der Waals surface area contributed by atoms with Crippen LogP contribution in [0.2, 0.25) is 0 Å². The quantitative estimate of drug-likeness (QED) is 0.858. The van der Waals surface area contributed by atoms with E-state index in [0.717, 1.165) is 21.2 Å². The van der Waals surface area contributed by atoms with Gasteiger partial charge in [-0.2, -0.15) is 5.10 Å². The van der Waals surface area contributed by atoms with E-state index in [1.54, 1.807) is 0 Å². The lowest BCUT2D eigenvalue weighted by molar-refractivity contribution is 0.560. The van der Waals surface area contributed by atoms with E-state index >= 15 is 0 Å². The maximum Gasteiger partial charge on any atom is 0.0760 e. The van der Waals surface area contributed by atoms with Gasteiger partial charge in [0.1, 0.15) is 0 Å². The molecule has 0 fully saturated rings. The molecule has 1 atom stereocenters. The highest BCUT2D eigenvalue weighted by Gasteiger charge is 2.21. The Morgan fingerprint density at radius 1 is 1.32 bits per heavy atom. The molecule has 0 saturated carbocycles. The van der Waals surface area contributed by atoms with Crippen molar-refractivity contribution >= 4 is 31.9 Å². The number of halogens is 2. The van der Waals surface area contributed by atoms with Crippen molar-refractivity contribution in [1.29, 1.82) is 0 Å². The lowest BCUT2D eigenvalue weighted by Gasteiger charge is -2.21. The molecule has 0 bridgehead atoms. The molecule has 0 spiro atoms. The molecule has 1 heterocycles. The van der Waals surface area contributed by atoms with Crippen LogP contribution >= 0.6 is 31.9 Å². The molecule has 2 rings (SSSR count). The number of hydrogen-bond acceptors (Lipinski definition) is 2. The van der Waals surface area contributed by atoms with Gasteiger partial charge >= 0.3 is 0 Å². The lowest BCUT2D eigenvalue weighted by Crippen LogP contribution is -2.22. The molecule has 0 aliphatic carbocycles. The first-order valence-corrected chi connectivity index (χ1v) is 7.82. The van der Waals surface area contributed by atoms with E-state index in [4.69, 9.17) is 0 Å². The summed E-state index contributed by atoms with van der Waals surface area (Å²) in [6.07, 6.45) is 1.86. The van der Waals surface area contributed by atoms with Gasteiger partial charge in [0.15, 0.2) is 0 Å². The van der Waals surface area contributed by atoms with Crippen LogP contribution in [0.15, 0.2) is 33.3 Å². The first-order chi connectivity index (χ1) is 9.10. The zero-order chi connectivity index (χ0) is 14.0. The van der Waals surface area contributed by atoms with Crippen molar-refractivity contribution < 1.29 is 0 Å². The Hall–Kier alpha value is -0.650. The molecule has 102 valence electrons. The van der Waals surface area contributed by atoms with E-state index in [9.17, 15) is 0 Å². The first-order valence-electron chi connectivity index (χ1n) is 6.23. The summed E-state index contributed by atoms with van der Waals surface area (Å²) in [5.41, 5.74) is 3.66. The Kier molecular flexibility index (Phi) is 4.81. The summed E-state index contributed by atoms with van der Waals surface area (Å²) in [7, 11) is 1.98. The molecule has 0 aliphatic heterocycles. The van der Waals surface area contributed by atoms with Crippen molar-refractivity contribution in [3.05, 3.63) is 50.2 Å². The zero-order valence-corrected chi connectivity index (χ0v) is 14.4. The highest BCUT2D eigenvalue weighted by molar-refractivity contribution is 9.10. The van der Waals surface area contributed by atoms with Crippen molar-refractivity contribution in [2.24, 2.45) is 0 Å². The predicted octanol–water partition coefficient (Wildman–Crippen LogP) is 4.05. The van der Waals surface area contributed by atoms with Crippen LogP contribution in [0.25, 0.3) is 0 Å². The Balaban J connectivity index is 2.56. The van der Waals surface area contributed by atoms with Gasteiger partial charge in [-0.3, -0.25) is 4.68 Å². The summed E-state index contributed by atoms with van der Waals surface area (Å²) in [5, 5.41) is 7.79. The summed E-state index contributed by atoms with van der Waals surface area (Å²) in [6.45, 7) is 5.08. The first kappa shape index (κ1) is 14.8. The lowest BCUT2D eigenvalue weighted by atomic mass is 9.99. The molecule has 5 heteroatoms. The molecule has 3 nitrogen and oxygen atoms in total. The summed E-state index contributed by atoms with van der Waals surface area (Å²) < 4.78 is 4.18. The second kappa shape index (κ2) is 6.20. The van der Waals surface area contributed by atoms with Crippen LogP contribution in [0.5, 0.6) is 0 Å². The van der Waals surface area contributed by atoms with Crippen LogP contribution in [0.4, 0.5) is 0 Å². The van der Waals surface area contributed by atoms with Crippen molar-refractivity contribution in [2.75, 3.05) is 7.05 Å². The fourth-order valence-corrected chi connectivity index (χ4v) is 3.19. The fraction of sp³-hybridized carbons (Fsp3) is 0.357. The zero-order valence-electron chi connectivity index (χ0n) is 11.2.